The lowest BCUT2D eigenvalue weighted by Gasteiger charge is -2.33. The van der Waals surface area contributed by atoms with Crippen LogP contribution in [0.4, 0.5) is 15.4 Å². The molecule has 2 aliphatic rings. The van der Waals surface area contributed by atoms with Crippen LogP contribution in [0.5, 0.6) is 0 Å². The minimum atomic E-state index is -0.770. The summed E-state index contributed by atoms with van der Waals surface area (Å²) < 4.78 is 14.5. The maximum atomic E-state index is 14.2. The summed E-state index contributed by atoms with van der Waals surface area (Å²) in [6.45, 7) is 17.3. The number of nitrogens with zero attached hydrogens (tertiary/aromatic N) is 9. The molecular weight excluding hydrogens is 658 g/mol. The Bertz CT molecular complexity index is 2110. The van der Waals surface area contributed by atoms with E-state index in [9.17, 15) is 9.59 Å². The normalized spacial score (nSPS) is 16.5. The van der Waals surface area contributed by atoms with Crippen LogP contribution in [0.25, 0.3) is 44.6 Å². The molecule has 13 heteroatoms. The highest BCUT2D eigenvalue weighted by molar-refractivity contribution is 6.04. The fraction of sp³-hybridized carbons (Fsp3) is 0.487. The summed E-state index contributed by atoms with van der Waals surface area (Å²) in [4.78, 5) is 49.3. The van der Waals surface area contributed by atoms with Gasteiger partial charge in [-0.15, -0.1) is 0 Å². The highest BCUT2D eigenvalue weighted by atomic mass is 16.6. The highest BCUT2D eigenvalue weighted by Gasteiger charge is 2.31. The third kappa shape index (κ3) is 7.51. The average Bonchev–Trinajstić information content (AvgIpc) is 3.67. The number of likely N-dealkylation sites (tertiary alicyclic amines) is 1. The van der Waals surface area contributed by atoms with Gasteiger partial charge in [0.05, 0.1) is 16.9 Å². The number of piperazine rings is 1. The number of likely N-dealkylation sites (N-methyl/N-ethyl adjacent to an activating group) is 1. The van der Waals surface area contributed by atoms with Gasteiger partial charge in [0.1, 0.15) is 33.7 Å². The topological polar surface area (TPSA) is 124 Å². The minimum absolute atomic E-state index is 0.339. The molecule has 5 aromatic heterocycles. The Morgan fingerprint density at radius 2 is 1.52 bits per heavy atom. The van der Waals surface area contributed by atoms with E-state index in [1.807, 2.05) is 72.0 Å². The van der Waals surface area contributed by atoms with E-state index >= 15 is 0 Å². The number of rotatable bonds is 5. The van der Waals surface area contributed by atoms with E-state index in [1.165, 1.54) is 28.5 Å². The predicted octanol–water partition coefficient (Wildman–Crippen LogP) is 6.81. The maximum absolute atomic E-state index is 14.2. The summed E-state index contributed by atoms with van der Waals surface area (Å²) in [5.41, 5.74) is 3.38. The molecule has 0 saturated carbocycles. The van der Waals surface area contributed by atoms with Crippen LogP contribution >= 0.6 is 0 Å². The Kier molecular flexibility index (Phi) is 9.51. The second kappa shape index (κ2) is 13.9. The van der Waals surface area contributed by atoms with E-state index in [0.717, 1.165) is 68.1 Å². The molecule has 7 rings (SSSR count). The molecular formula is C39H49N9O4. The third-order valence-electron chi connectivity index (χ3n) is 9.37. The van der Waals surface area contributed by atoms with Crippen LogP contribution < -0.4 is 4.90 Å². The zero-order valence-electron chi connectivity index (χ0n) is 31.3. The van der Waals surface area contributed by atoms with E-state index in [4.69, 9.17) is 24.5 Å². The minimum Gasteiger partial charge on any atom is -0.443 e. The summed E-state index contributed by atoms with van der Waals surface area (Å²) in [5, 5.41) is 5.62. The van der Waals surface area contributed by atoms with Gasteiger partial charge in [-0.25, -0.2) is 24.1 Å². The van der Waals surface area contributed by atoms with Crippen molar-refractivity contribution in [2.24, 2.45) is 0 Å². The van der Waals surface area contributed by atoms with Gasteiger partial charge < -0.3 is 19.3 Å². The van der Waals surface area contributed by atoms with Crippen LogP contribution in [0, 0.1) is 0 Å². The smallest absolute Gasteiger partial charge is 0.435 e. The molecule has 0 atom stereocenters. The molecule has 0 radical (unpaired) electrons. The number of hydrogen-bond acceptors (Lipinski definition) is 11. The van der Waals surface area contributed by atoms with Gasteiger partial charge in [0.2, 0.25) is 0 Å². The summed E-state index contributed by atoms with van der Waals surface area (Å²) in [5.74, 6) is 0.773. The van der Waals surface area contributed by atoms with Crippen molar-refractivity contribution in [2.45, 2.75) is 78.6 Å². The van der Waals surface area contributed by atoms with E-state index in [0.29, 0.717) is 33.6 Å². The quantitative estimate of drug-likeness (QED) is 0.191. The van der Waals surface area contributed by atoms with E-state index in [1.54, 1.807) is 12.4 Å². The number of piperidine rings is 1. The van der Waals surface area contributed by atoms with Gasteiger partial charge in [0.15, 0.2) is 0 Å². The largest absolute Gasteiger partial charge is 0.443 e. The van der Waals surface area contributed by atoms with E-state index < -0.39 is 23.4 Å². The number of hydrogen-bond donors (Lipinski definition) is 0. The zero-order valence-corrected chi connectivity index (χ0v) is 31.3. The van der Waals surface area contributed by atoms with Gasteiger partial charge in [0.25, 0.3) is 0 Å². The molecule has 0 N–H and O–H groups in total. The summed E-state index contributed by atoms with van der Waals surface area (Å²) >= 11 is 0. The molecule has 5 aromatic rings. The summed E-state index contributed by atoms with van der Waals surface area (Å²) in [7, 11) is 2.11. The second-order valence-corrected chi connectivity index (χ2v) is 15.9. The van der Waals surface area contributed by atoms with Gasteiger partial charge in [-0.05, 0) is 110 Å². The Morgan fingerprint density at radius 1 is 0.808 bits per heavy atom. The number of ether oxygens (including phenoxy) is 2. The van der Waals surface area contributed by atoms with Crippen LogP contribution in [0.2, 0.25) is 0 Å². The SMILES string of the molecule is CN1CCN(c2nccc3c2cc(-c2nn(C(=O)OC(C)(C)C)c4ccc(-c5cncc(CN6CCCCC6)c5)nc24)n3C(=O)OC(C)(C)C)CC1. The third-order valence-corrected chi connectivity index (χ3v) is 9.37. The summed E-state index contributed by atoms with van der Waals surface area (Å²) in [6.07, 6.45) is 7.91. The Labute approximate surface area is 304 Å². The first-order valence-corrected chi connectivity index (χ1v) is 18.2. The lowest BCUT2D eigenvalue weighted by molar-refractivity contribution is 0.0520. The predicted molar refractivity (Wildman–Crippen MR) is 202 cm³/mol. The van der Waals surface area contributed by atoms with Crippen molar-refractivity contribution in [3.05, 3.63) is 54.5 Å². The molecule has 52 heavy (non-hydrogen) atoms. The van der Waals surface area contributed by atoms with Gasteiger partial charge in [-0.2, -0.15) is 9.78 Å². The number of fused-ring (bicyclic) bond motifs is 2. The second-order valence-electron chi connectivity index (χ2n) is 15.9. The van der Waals surface area contributed by atoms with Crippen LogP contribution in [-0.2, 0) is 16.0 Å². The number of pyridine rings is 3. The van der Waals surface area contributed by atoms with E-state index in [-0.39, 0.29) is 0 Å². The zero-order chi connectivity index (χ0) is 36.8. The van der Waals surface area contributed by atoms with Crippen molar-refractivity contribution in [3.63, 3.8) is 0 Å². The molecule has 0 amide bonds. The van der Waals surface area contributed by atoms with Gasteiger partial charge in [-0.1, -0.05) is 6.42 Å². The standard InChI is InChI=1S/C39H49N9O4/c1-38(2,3)51-36(49)47-30-13-14-41-35(46-19-17-44(7)18-20-46)28(30)22-32(47)34-33-31(48(43-34)37(50)52-39(4,5)6)12-11-29(42-33)27-21-26(23-40-24-27)25-45-15-9-8-10-16-45/h11-14,21-24H,8-10,15-20,25H2,1-7H3. The highest BCUT2D eigenvalue weighted by Crippen LogP contribution is 2.37. The first-order chi connectivity index (χ1) is 24.7. The fourth-order valence-corrected chi connectivity index (χ4v) is 6.93. The Hall–Kier alpha value is -4.88. The van der Waals surface area contributed by atoms with Gasteiger partial charge in [0, 0.05) is 62.3 Å². The Morgan fingerprint density at radius 3 is 2.23 bits per heavy atom. The first-order valence-electron chi connectivity index (χ1n) is 18.2. The number of anilines is 1. The molecule has 274 valence electrons. The van der Waals surface area contributed by atoms with E-state index in [2.05, 4.69) is 32.8 Å². The lowest BCUT2D eigenvalue weighted by Crippen LogP contribution is -2.44. The molecule has 2 saturated heterocycles. The number of aromatic nitrogens is 6. The van der Waals surface area contributed by atoms with Gasteiger partial charge in [-0.3, -0.25) is 9.88 Å². The molecule has 0 aliphatic carbocycles. The molecule has 0 bridgehead atoms. The molecule has 13 nitrogen and oxygen atoms in total. The molecule has 0 aromatic carbocycles. The van der Waals surface area contributed by atoms with Crippen molar-refractivity contribution in [2.75, 3.05) is 51.2 Å². The lowest BCUT2D eigenvalue weighted by atomic mass is 10.1. The monoisotopic (exact) mass is 707 g/mol. The Balaban J connectivity index is 1.41. The maximum Gasteiger partial charge on any atom is 0.435 e. The first kappa shape index (κ1) is 35.5. The summed E-state index contributed by atoms with van der Waals surface area (Å²) in [6, 6.07) is 9.55. The molecule has 0 spiro atoms. The number of carbonyl (C=O) groups excluding carboxylic acids is 2. The molecule has 2 aliphatic heterocycles. The van der Waals surface area contributed by atoms with Crippen molar-refractivity contribution < 1.29 is 19.1 Å². The van der Waals surface area contributed by atoms with Crippen LogP contribution in [0.1, 0.15) is 66.4 Å². The average molecular weight is 708 g/mol. The molecule has 0 unspecified atom stereocenters. The van der Waals surface area contributed by atoms with Gasteiger partial charge >= 0.3 is 12.2 Å². The van der Waals surface area contributed by atoms with Crippen molar-refractivity contribution >= 4 is 39.9 Å². The number of carbonyl (C=O) groups is 2. The molecule has 7 heterocycles. The van der Waals surface area contributed by atoms with Crippen LogP contribution in [0.3, 0.4) is 0 Å². The fourth-order valence-electron chi connectivity index (χ4n) is 6.93. The van der Waals surface area contributed by atoms with Crippen LogP contribution in [-0.4, -0.2) is 109 Å². The van der Waals surface area contributed by atoms with Crippen molar-refractivity contribution in [1.29, 1.82) is 0 Å². The van der Waals surface area contributed by atoms with Crippen LogP contribution in [0.15, 0.2) is 48.9 Å². The van der Waals surface area contributed by atoms with Crippen molar-refractivity contribution in [1.82, 2.24) is 39.1 Å². The molecule has 2 fully saturated rings. The van der Waals surface area contributed by atoms with Crippen molar-refractivity contribution in [3.8, 4) is 22.6 Å².